The van der Waals surface area contributed by atoms with Crippen molar-refractivity contribution in [2.75, 3.05) is 12.9 Å². The molecule has 1 N–H and O–H groups in total. The first kappa shape index (κ1) is 18.9. The zero-order chi connectivity index (χ0) is 18.4. The largest absolute Gasteiger partial charge is 0.490 e. The van der Waals surface area contributed by atoms with E-state index in [0.717, 1.165) is 6.42 Å². The van der Waals surface area contributed by atoms with Crippen LogP contribution in [-0.2, 0) is 0 Å². The van der Waals surface area contributed by atoms with Crippen molar-refractivity contribution in [1.29, 1.82) is 5.26 Å². The highest BCUT2D eigenvalue weighted by molar-refractivity contribution is 7.98. The molecular formula is C18H21N3O3S. The van der Waals surface area contributed by atoms with E-state index in [1.807, 2.05) is 33.1 Å². The quantitative estimate of drug-likeness (QED) is 0.600. The normalized spacial score (nSPS) is 11.6. The summed E-state index contributed by atoms with van der Waals surface area (Å²) in [6.45, 7) is 6.39. The molecule has 1 aromatic heterocycles. The van der Waals surface area contributed by atoms with Crippen molar-refractivity contribution in [1.82, 2.24) is 9.97 Å². The first-order valence-corrected chi connectivity index (χ1v) is 9.28. The minimum atomic E-state index is -0.449. The van der Waals surface area contributed by atoms with Gasteiger partial charge in [-0.05, 0) is 44.7 Å². The fraction of sp³-hybridized carbons (Fsp3) is 0.389. The molecule has 2 rings (SSSR count). The maximum absolute atomic E-state index is 12.1. The average molecular weight is 359 g/mol. The predicted octanol–water partition coefficient (Wildman–Crippen LogP) is 3.61. The molecule has 0 radical (unpaired) electrons. The van der Waals surface area contributed by atoms with Crippen LogP contribution in [0.5, 0.6) is 11.5 Å². The Kier molecular flexibility index (Phi) is 6.48. The summed E-state index contributed by atoms with van der Waals surface area (Å²) in [5, 5.41) is 9.79. The molecule has 25 heavy (non-hydrogen) atoms. The number of benzene rings is 1. The molecule has 0 aliphatic heterocycles. The lowest BCUT2D eigenvalue weighted by atomic mass is 10.1. The van der Waals surface area contributed by atoms with Crippen LogP contribution < -0.4 is 15.0 Å². The molecule has 2 aromatic rings. The summed E-state index contributed by atoms with van der Waals surface area (Å²) < 4.78 is 11.6. The number of H-pyrrole nitrogens is 1. The Morgan fingerprint density at radius 1 is 1.36 bits per heavy atom. The van der Waals surface area contributed by atoms with Crippen LogP contribution in [0.1, 0.15) is 32.8 Å². The zero-order valence-electron chi connectivity index (χ0n) is 14.8. The lowest BCUT2D eigenvalue weighted by Crippen LogP contribution is -2.15. The molecule has 1 aromatic carbocycles. The van der Waals surface area contributed by atoms with Crippen LogP contribution in [0.25, 0.3) is 11.3 Å². The van der Waals surface area contributed by atoms with Crippen LogP contribution in [0.15, 0.2) is 28.2 Å². The van der Waals surface area contributed by atoms with Crippen LogP contribution in [0.4, 0.5) is 0 Å². The number of nitrogens with zero attached hydrogens (tertiary/aromatic N) is 2. The standard InChI is InChI=1S/C18H21N3O3S/c1-5-11(3)24-14-8-7-12(9-15(14)23-6-2)16-13(10-19)17(22)21-18(20-16)25-4/h7-9,11H,5-6H2,1-4H3,(H,20,21,22). The number of ether oxygens (including phenoxy) is 2. The van der Waals surface area contributed by atoms with E-state index in [9.17, 15) is 10.1 Å². The molecule has 1 unspecified atom stereocenters. The van der Waals surface area contributed by atoms with E-state index in [1.165, 1.54) is 11.8 Å². The van der Waals surface area contributed by atoms with E-state index in [-0.39, 0.29) is 11.7 Å². The van der Waals surface area contributed by atoms with Gasteiger partial charge in [-0.1, -0.05) is 18.7 Å². The average Bonchev–Trinajstić information content (AvgIpc) is 2.62. The van der Waals surface area contributed by atoms with Gasteiger partial charge in [0.25, 0.3) is 5.56 Å². The summed E-state index contributed by atoms with van der Waals surface area (Å²) in [5.74, 6) is 1.20. The van der Waals surface area contributed by atoms with Gasteiger partial charge in [-0.15, -0.1) is 0 Å². The molecule has 0 saturated heterocycles. The molecule has 0 amide bonds. The Labute approximate surface area is 151 Å². The van der Waals surface area contributed by atoms with Crippen molar-refractivity contribution < 1.29 is 9.47 Å². The van der Waals surface area contributed by atoms with Gasteiger partial charge >= 0.3 is 0 Å². The Hall–Kier alpha value is -2.46. The maximum atomic E-state index is 12.1. The number of nitrogens with one attached hydrogen (secondary N) is 1. The van der Waals surface area contributed by atoms with Crippen LogP contribution >= 0.6 is 11.8 Å². The minimum absolute atomic E-state index is 0.0177. The van der Waals surface area contributed by atoms with Crippen molar-refractivity contribution in [3.8, 4) is 28.8 Å². The van der Waals surface area contributed by atoms with E-state index >= 15 is 0 Å². The fourth-order valence-electron chi connectivity index (χ4n) is 2.18. The van der Waals surface area contributed by atoms with Gasteiger partial charge in [-0.3, -0.25) is 4.79 Å². The molecule has 132 valence electrons. The van der Waals surface area contributed by atoms with Crippen molar-refractivity contribution in [2.24, 2.45) is 0 Å². The highest BCUT2D eigenvalue weighted by Gasteiger charge is 2.16. The number of thioether (sulfide) groups is 1. The molecule has 0 aliphatic rings. The van der Waals surface area contributed by atoms with Crippen molar-refractivity contribution >= 4 is 11.8 Å². The predicted molar refractivity (Wildman–Crippen MR) is 98.3 cm³/mol. The Balaban J connectivity index is 2.57. The third kappa shape index (κ3) is 4.34. The van der Waals surface area contributed by atoms with Crippen molar-refractivity contribution in [3.05, 3.63) is 34.1 Å². The second kappa shape index (κ2) is 8.58. The number of aromatic amines is 1. The monoisotopic (exact) mass is 359 g/mol. The van der Waals surface area contributed by atoms with Gasteiger partial charge < -0.3 is 14.5 Å². The second-order valence-electron chi connectivity index (χ2n) is 5.34. The lowest BCUT2D eigenvalue weighted by molar-refractivity contribution is 0.203. The molecule has 1 heterocycles. The minimum Gasteiger partial charge on any atom is -0.490 e. The van der Waals surface area contributed by atoms with Crippen LogP contribution in [0, 0.1) is 11.3 Å². The summed E-state index contributed by atoms with van der Waals surface area (Å²) >= 11 is 1.31. The summed E-state index contributed by atoms with van der Waals surface area (Å²) in [7, 11) is 0. The number of hydrogen-bond acceptors (Lipinski definition) is 6. The van der Waals surface area contributed by atoms with Gasteiger partial charge in [0.1, 0.15) is 11.6 Å². The smallest absolute Gasteiger partial charge is 0.270 e. The summed E-state index contributed by atoms with van der Waals surface area (Å²) in [6.07, 6.45) is 2.74. The molecule has 7 heteroatoms. The van der Waals surface area contributed by atoms with Gasteiger partial charge in [-0.2, -0.15) is 5.26 Å². The first-order chi connectivity index (χ1) is 12.0. The van der Waals surface area contributed by atoms with Gasteiger partial charge in [-0.25, -0.2) is 4.98 Å². The third-order valence-corrected chi connectivity index (χ3v) is 4.20. The number of nitriles is 1. The van der Waals surface area contributed by atoms with Crippen molar-refractivity contribution in [3.63, 3.8) is 0 Å². The molecule has 0 aliphatic carbocycles. The molecule has 0 saturated carbocycles. The van der Waals surface area contributed by atoms with Crippen LogP contribution in [0.2, 0.25) is 0 Å². The molecule has 6 nitrogen and oxygen atoms in total. The fourth-order valence-corrected chi connectivity index (χ4v) is 2.56. The Bertz CT molecular complexity index is 842. The third-order valence-electron chi connectivity index (χ3n) is 3.62. The van der Waals surface area contributed by atoms with Crippen LogP contribution in [0.3, 0.4) is 0 Å². The molecule has 0 spiro atoms. The van der Waals surface area contributed by atoms with Gasteiger partial charge in [0.15, 0.2) is 16.7 Å². The summed E-state index contributed by atoms with van der Waals surface area (Å²) in [6, 6.07) is 7.26. The van der Waals surface area contributed by atoms with E-state index in [1.54, 1.807) is 18.2 Å². The molecule has 0 fully saturated rings. The first-order valence-electron chi connectivity index (χ1n) is 8.06. The zero-order valence-corrected chi connectivity index (χ0v) is 15.6. The summed E-state index contributed by atoms with van der Waals surface area (Å²) in [5.41, 5.74) is 0.509. The lowest BCUT2D eigenvalue weighted by Gasteiger charge is -2.17. The highest BCUT2D eigenvalue weighted by Crippen LogP contribution is 2.34. The van der Waals surface area contributed by atoms with Gasteiger partial charge in [0, 0.05) is 5.56 Å². The second-order valence-corrected chi connectivity index (χ2v) is 6.14. The van der Waals surface area contributed by atoms with E-state index in [2.05, 4.69) is 9.97 Å². The van der Waals surface area contributed by atoms with Crippen LogP contribution in [-0.4, -0.2) is 28.9 Å². The van der Waals surface area contributed by atoms with Gasteiger partial charge in [0.2, 0.25) is 0 Å². The van der Waals surface area contributed by atoms with E-state index in [4.69, 9.17) is 9.47 Å². The SMILES string of the molecule is CCOc1cc(-c2nc(SC)[nH]c(=O)c2C#N)ccc1OC(C)CC. The number of hydrogen-bond donors (Lipinski definition) is 1. The molecule has 1 atom stereocenters. The molecular weight excluding hydrogens is 338 g/mol. The Morgan fingerprint density at radius 2 is 2.12 bits per heavy atom. The maximum Gasteiger partial charge on any atom is 0.270 e. The number of aromatic nitrogens is 2. The van der Waals surface area contributed by atoms with E-state index in [0.29, 0.717) is 34.5 Å². The van der Waals surface area contributed by atoms with Crippen molar-refractivity contribution in [2.45, 2.75) is 38.5 Å². The summed E-state index contributed by atoms with van der Waals surface area (Å²) in [4.78, 5) is 19.1. The molecule has 0 bridgehead atoms. The number of rotatable bonds is 7. The van der Waals surface area contributed by atoms with E-state index < -0.39 is 5.56 Å². The van der Waals surface area contributed by atoms with Gasteiger partial charge in [0.05, 0.1) is 18.4 Å². The topological polar surface area (TPSA) is 88.0 Å². The Morgan fingerprint density at radius 3 is 2.72 bits per heavy atom. The highest BCUT2D eigenvalue weighted by atomic mass is 32.2.